The summed E-state index contributed by atoms with van der Waals surface area (Å²) in [5.74, 6) is 0.627. The van der Waals surface area contributed by atoms with Crippen LogP contribution < -0.4 is 26.6 Å². The minimum absolute atomic E-state index is 0.138. The van der Waals surface area contributed by atoms with E-state index in [4.69, 9.17) is 18.9 Å². The van der Waals surface area contributed by atoms with Gasteiger partial charge in [-0.05, 0) is 67.1 Å². The highest BCUT2D eigenvalue weighted by atomic mass is 16.5. The van der Waals surface area contributed by atoms with E-state index in [-0.39, 0.29) is 29.5 Å². The number of aromatic hydroxyl groups is 1. The third kappa shape index (κ3) is 15.0. The van der Waals surface area contributed by atoms with Crippen LogP contribution in [0.3, 0.4) is 0 Å². The van der Waals surface area contributed by atoms with E-state index < -0.39 is 0 Å². The number of nitrogens with one attached hydrogen (secondary N) is 5. The van der Waals surface area contributed by atoms with Crippen molar-refractivity contribution >= 4 is 41.0 Å². The molecule has 0 spiro atoms. The number of phenols is 1. The molecule has 15 heteroatoms. The topological polar surface area (TPSA) is 190 Å². The van der Waals surface area contributed by atoms with Gasteiger partial charge in [-0.1, -0.05) is 25.1 Å². The molecule has 0 bridgehead atoms. The predicted molar refractivity (Wildman–Crippen MR) is 194 cm³/mol. The van der Waals surface area contributed by atoms with Crippen LogP contribution in [-0.4, -0.2) is 104 Å². The molecule has 0 fully saturated rings. The molecule has 51 heavy (non-hydrogen) atoms. The Balaban J connectivity index is 1.21. The van der Waals surface area contributed by atoms with Crippen LogP contribution in [0.1, 0.15) is 34.1 Å². The van der Waals surface area contributed by atoms with Gasteiger partial charge in [-0.3, -0.25) is 9.59 Å². The van der Waals surface area contributed by atoms with Crippen LogP contribution in [0.15, 0.2) is 78.9 Å². The van der Waals surface area contributed by atoms with E-state index in [1.54, 1.807) is 60.7 Å². The molecule has 0 atom stereocenters. The van der Waals surface area contributed by atoms with Gasteiger partial charge >= 0.3 is 0 Å². The van der Waals surface area contributed by atoms with Crippen molar-refractivity contribution < 1.29 is 33.6 Å². The van der Waals surface area contributed by atoms with Crippen LogP contribution in [0, 0.1) is 0 Å². The van der Waals surface area contributed by atoms with Crippen LogP contribution in [0.5, 0.6) is 5.75 Å². The highest BCUT2D eigenvalue weighted by molar-refractivity contribution is 5.94. The molecule has 0 saturated heterocycles. The minimum Gasteiger partial charge on any atom is -0.508 e. The summed E-state index contributed by atoms with van der Waals surface area (Å²) in [5.41, 5.74) is 2.44. The lowest BCUT2D eigenvalue weighted by Gasteiger charge is -2.12. The summed E-state index contributed by atoms with van der Waals surface area (Å²) in [5, 5.41) is 24.7. The number of anilines is 5. The number of hydrogen-bond acceptors (Lipinski definition) is 13. The monoisotopic (exact) mass is 702 g/mol. The number of ether oxygens (including phenoxy) is 4. The molecule has 0 radical (unpaired) electrons. The van der Waals surface area contributed by atoms with Gasteiger partial charge in [0.25, 0.3) is 11.8 Å². The molecular formula is C36H46N8O7. The van der Waals surface area contributed by atoms with Gasteiger partial charge < -0.3 is 50.6 Å². The summed E-state index contributed by atoms with van der Waals surface area (Å²) in [6.45, 7) is 6.88. The summed E-state index contributed by atoms with van der Waals surface area (Å²) in [6.07, 6.45) is 0.966. The molecule has 0 aliphatic heterocycles. The molecule has 1 heterocycles. The van der Waals surface area contributed by atoms with Crippen LogP contribution in [0.2, 0.25) is 0 Å². The van der Waals surface area contributed by atoms with Crippen molar-refractivity contribution in [1.29, 1.82) is 0 Å². The fraction of sp³-hybridized carbons (Fsp3) is 0.361. The molecule has 0 saturated carbocycles. The summed E-state index contributed by atoms with van der Waals surface area (Å²) in [4.78, 5) is 38.1. The SMILES string of the molecule is CCCOCCOCCNC(=O)c1ccc(Nc2nc(NCCOCCOCCNC(=O)c3ccccc3)nc(Nc3ccc(O)cc3)n2)cc1. The Hall–Kier alpha value is -5.35. The largest absolute Gasteiger partial charge is 0.508 e. The second-order valence-electron chi connectivity index (χ2n) is 10.9. The number of amides is 2. The van der Waals surface area contributed by atoms with E-state index in [0.717, 1.165) is 6.42 Å². The Morgan fingerprint density at radius 3 is 1.53 bits per heavy atom. The number of carbonyl (C=O) groups is 2. The zero-order chi connectivity index (χ0) is 35.9. The molecule has 4 rings (SSSR count). The average Bonchev–Trinajstić information content (AvgIpc) is 3.15. The van der Waals surface area contributed by atoms with Crippen LogP contribution in [-0.2, 0) is 18.9 Å². The molecule has 0 unspecified atom stereocenters. The third-order valence-corrected chi connectivity index (χ3v) is 6.88. The van der Waals surface area contributed by atoms with Gasteiger partial charge in [0.2, 0.25) is 17.8 Å². The first kappa shape index (κ1) is 38.5. The zero-order valence-corrected chi connectivity index (χ0v) is 28.7. The van der Waals surface area contributed by atoms with Gasteiger partial charge in [0, 0.05) is 48.7 Å². The molecule has 0 aliphatic carbocycles. The fourth-order valence-corrected chi connectivity index (χ4v) is 4.37. The molecule has 15 nitrogen and oxygen atoms in total. The van der Waals surface area contributed by atoms with E-state index in [0.29, 0.717) is 101 Å². The minimum atomic E-state index is -0.208. The normalized spacial score (nSPS) is 10.8. The van der Waals surface area contributed by atoms with Gasteiger partial charge in [-0.25, -0.2) is 0 Å². The highest BCUT2D eigenvalue weighted by Gasteiger charge is 2.10. The Morgan fingerprint density at radius 1 is 0.549 bits per heavy atom. The second kappa shape index (κ2) is 22.4. The quantitative estimate of drug-likeness (QED) is 0.0452. The van der Waals surface area contributed by atoms with Gasteiger partial charge in [-0.15, -0.1) is 0 Å². The van der Waals surface area contributed by atoms with Gasteiger partial charge in [0.1, 0.15) is 5.75 Å². The first-order chi connectivity index (χ1) is 25.0. The lowest BCUT2D eigenvalue weighted by Crippen LogP contribution is -2.27. The van der Waals surface area contributed by atoms with E-state index >= 15 is 0 Å². The Bertz CT molecular complexity index is 1600. The highest BCUT2D eigenvalue weighted by Crippen LogP contribution is 2.21. The maximum atomic E-state index is 12.6. The van der Waals surface area contributed by atoms with Crippen molar-refractivity contribution in [3.05, 3.63) is 90.0 Å². The maximum Gasteiger partial charge on any atom is 0.251 e. The third-order valence-electron chi connectivity index (χ3n) is 6.88. The molecule has 3 aromatic carbocycles. The lowest BCUT2D eigenvalue weighted by molar-refractivity contribution is 0.0485. The Morgan fingerprint density at radius 2 is 1.00 bits per heavy atom. The smallest absolute Gasteiger partial charge is 0.251 e. The molecule has 1 aromatic heterocycles. The molecule has 2 amide bonds. The van der Waals surface area contributed by atoms with E-state index in [2.05, 4.69) is 48.5 Å². The lowest BCUT2D eigenvalue weighted by atomic mass is 10.2. The summed E-state index contributed by atoms with van der Waals surface area (Å²) >= 11 is 0. The number of rotatable bonds is 24. The number of nitrogens with zero attached hydrogens (tertiary/aromatic N) is 3. The van der Waals surface area contributed by atoms with Crippen LogP contribution >= 0.6 is 0 Å². The standard InChI is InChI=1S/C36H46N8O7/c1-2-19-48-23-24-49-21-17-38-33(47)28-8-10-29(11-9-28)40-35-42-34(43-36(44-35)41-30-12-14-31(45)15-13-30)39-18-22-51-26-25-50-20-16-37-32(46)27-6-4-3-5-7-27/h3-15,45H,2,16-26H2,1H3,(H,37,46)(H,38,47)(H3,39,40,41,42,43,44). The molecule has 4 aromatic rings. The van der Waals surface area contributed by atoms with Gasteiger partial charge in [0.15, 0.2) is 0 Å². The van der Waals surface area contributed by atoms with Crippen LogP contribution in [0.4, 0.5) is 29.2 Å². The zero-order valence-electron chi connectivity index (χ0n) is 28.7. The van der Waals surface area contributed by atoms with E-state index in [1.165, 1.54) is 0 Å². The molecule has 272 valence electrons. The number of aromatic nitrogens is 3. The van der Waals surface area contributed by atoms with E-state index in [1.807, 2.05) is 18.2 Å². The van der Waals surface area contributed by atoms with Crippen LogP contribution in [0.25, 0.3) is 0 Å². The molecule has 6 N–H and O–H groups in total. The molecule has 0 aliphatic rings. The first-order valence-corrected chi connectivity index (χ1v) is 16.9. The van der Waals surface area contributed by atoms with Crippen molar-refractivity contribution in [3.63, 3.8) is 0 Å². The van der Waals surface area contributed by atoms with Crippen molar-refractivity contribution in [2.24, 2.45) is 0 Å². The Labute approximate surface area is 297 Å². The Kier molecular flexibility index (Phi) is 16.9. The van der Waals surface area contributed by atoms with Crippen molar-refractivity contribution in [1.82, 2.24) is 25.6 Å². The summed E-state index contributed by atoms with van der Waals surface area (Å²) < 4.78 is 22.0. The predicted octanol–water partition coefficient (Wildman–Crippen LogP) is 4.11. The summed E-state index contributed by atoms with van der Waals surface area (Å²) in [7, 11) is 0. The number of phenolic OH excluding ortho intramolecular Hbond substituents is 1. The summed E-state index contributed by atoms with van der Waals surface area (Å²) in [6, 6.07) is 22.4. The second-order valence-corrected chi connectivity index (χ2v) is 10.9. The average molecular weight is 703 g/mol. The van der Waals surface area contributed by atoms with Crippen molar-refractivity contribution in [2.45, 2.75) is 13.3 Å². The van der Waals surface area contributed by atoms with Gasteiger partial charge in [0.05, 0.1) is 46.2 Å². The van der Waals surface area contributed by atoms with Crippen molar-refractivity contribution in [2.75, 3.05) is 88.4 Å². The first-order valence-electron chi connectivity index (χ1n) is 16.9. The maximum absolute atomic E-state index is 12.6. The fourth-order valence-electron chi connectivity index (χ4n) is 4.37. The number of carbonyl (C=O) groups excluding carboxylic acids is 2. The number of hydrogen-bond donors (Lipinski definition) is 6. The van der Waals surface area contributed by atoms with E-state index in [9.17, 15) is 14.7 Å². The molecular weight excluding hydrogens is 656 g/mol. The van der Waals surface area contributed by atoms with Crippen molar-refractivity contribution in [3.8, 4) is 5.75 Å². The number of benzene rings is 3. The van der Waals surface area contributed by atoms with Gasteiger partial charge in [-0.2, -0.15) is 15.0 Å².